The lowest BCUT2D eigenvalue weighted by molar-refractivity contribution is 0.414. The van der Waals surface area contributed by atoms with Crippen LogP contribution in [-0.4, -0.2) is 20.8 Å². The smallest absolute Gasteiger partial charge is 0.119 e. The third kappa shape index (κ3) is 3.61. The minimum Gasteiger partial charge on any atom is -0.497 e. The molecule has 1 unspecified atom stereocenters. The van der Waals surface area contributed by atoms with Crippen LogP contribution in [0.1, 0.15) is 12.5 Å². The van der Waals surface area contributed by atoms with Crippen molar-refractivity contribution in [2.24, 2.45) is 0 Å². The van der Waals surface area contributed by atoms with E-state index < -0.39 is 0 Å². The van der Waals surface area contributed by atoms with Gasteiger partial charge in [-0.05, 0) is 42.0 Å². The molecule has 3 heteroatoms. The number of ether oxygens (including phenoxy) is 2. The fraction of sp³-hybridized carbons (Fsp3) is 0.263. The summed E-state index contributed by atoms with van der Waals surface area (Å²) >= 11 is 0. The average molecular weight is 297 g/mol. The molecule has 0 aliphatic carbocycles. The number of rotatable bonds is 7. The number of hydrogen-bond acceptors (Lipinski definition) is 3. The van der Waals surface area contributed by atoms with Gasteiger partial charge in [0.25, 0.3) is 0 Å². The first-order valence-corrected chi connectivity index (χ1v) is 7.27. The Morgan fingerprint density at radius 1 is 0.955 bits per heavy atom. The van der Waals surface area contributed by atoms with E-state index in [-0.39, 0.29) is 5.41 Å². The standard InChI is InChI=1S/C19H23NO2/c1-5-19(2,15-6-10-17(21-3)11-7-15)14-20-16-8-12-18(22-4)13-9-16/h5-13,20H,1,14H2,2-4H3. The van der Waals surface area contributed by atoms with Gasteiger partial charge in [-0.25, -0.2) is 0 Å². The van der Waals surface area contributed by atoms with Gasteiger partial charge in [0, 0.05) is 17.6 Å². The fourth-order valence-electron chi connectivity index (χ4n) is 2.26. The molecule has 0 saturated carbocycles. The highest BCUT2D eigenvalue weighted by molar-refractivity contribution is 5.48. The second-order valence-corrected chi connectivity index (χ2v) is 5.43. The predicted octanol–water partition coefficient (Wildman–Crippen LogP) is 4.26. The van der Waals surface area contributed by atoms with Gasteiger partial charge in [0.05, 0.1) is 14.2 Å². The first kappa shape index (κ1) is 16.0. The Morgan fingerprint density at radius 3 is 1.91 bits per heavy atom. The van der Waals surface area contributed by atoms with E-state index in [1.165, 1.54) is 5.56 Å². The van der Waals surface area contributed by atoms with Crippen molar-refractivity contribution < 1.29 is 9.47 Å². The van der Waals surface area contributed by atoms with Crippen LogP contribution < -0.4 is 14.8 Å². The molecule has 2 aromatic carbocycles. The molecule has 0 amide bonds. The number of methoxy groups -OCH3 is 2. The lowest BCUT2D eigenvalue weighted by Crippen LogP contribution is -2.28. The molecule has 1 atom stereocenters. The van der Waals surface area contributed by atoms with E-state index in [9.17, 15) is 0 Å². The molecule has 0 heterocycles. The maximum absolute atomic E-state index is 5.21. The summed E-state index contributed by atoms with van der Waals surface area (Å²) in [5.41, 5.74) is 2.10. The van der Waals surface area contributed by atoms with E-state index in [0.29, 0.717) is 0 Å². The normalized spacial score (nSPS) is 13.0. The Hall–Kier alpha value is -2.42. The third-order valence-corrected chi connectivity index (χ3v) is 3.95. The second-order valence-electron chi connectivity index (χ2n) is 5.43. The van der Waals surface area contributed by atoms with Crippen LogP contribution in [0.5, 0.6) is 11.5 Å². The molecule has 0 saturated heterocycles. The minimum atomic E-state index is -0.161. The molecule has 2 rings (SSSR count). The van der Waals surface area contributed by atoms with E-state index in [1.807, 2.05) is 42.5 Å². The summed E-state index contributed by atoms with van der Waals surface area (Å²) in [5.74, 6) is 1.71. The molecule has 116 valence electrons. The molecule has 2 aromatic rings. The zero-order valence-corrected chi connectivity index (χ0v) is 13.4. The molecule has 0 bridgehead atoms. The maximum Gasteiger partial charge on any atom is 0.119 e. The van der Waals surface area contributed by atoms with Crippen LogP contribution in [0.15, 0.2) is 61.2 Å². The average Bonchev–Trinajstić information content (AvgIpc) is 2.60. The number of anilines is 1. The summed E-state index contributed by atoms with van der Waals surface area (Å²) in [4.78, 5) is 0. The van der Waals surface area contributed by atoms with Gasteiger partial charge < -0.3 is 14.8 Å². The van der Waals surface area contributed by atoms with Crippen molar-refractivity contribution >= 4 is 5.69 Å². The summed E-state index contributed by atoms with van der Waals surface area (Å²) < 4.78 is 10.4. The number of nitrogens with one attached hydrogen (secondary N) is 1. The topological polar surface area (TPSA) is 30.5 Å². The van der Waals surface area contributed by atoms with Crippen LogP contribution >= 0.6 is 0 Å². The predicted molar refractivity (Wildman–Crippen MR) is 92.0 cm³/mol. The quantitative estimate of drug-likeness (QED) is 0.775. The van der Waals surface area contributed by atoms with Gasteiger partial charge in [-0.2, -0.15) is 0 Å². The Labute approximate surface area is 132 Å². The zero-order chi connectivity index (χ0) is 16.0. The van der Waals surface area contributed by atoms with Gasteiger partial charge in [0.1, 0.15) is 11.5 Å². The van der Waals surface area contributed by atoms with Crippen LogP contribution in [0.25, 0.3) is 0 Å². The molecule has 0 radical (unpaired) electrons. The van der Waals surface area contributed by atoms with E-state index >= 15 is 0 Å². The summed E-state index contributed by atoms with van der Waals surface area (Å²) in [5, 5.41) is 3.46. The molecule has 0 spiro atoms. The Balaban J connectivity index is 2.10. The van der Waals surface area contributed by atoms with Crippen molar-refractivity contribution in [1.29, 1.82) is 0 Å². The van der Waals surface area contributed by atoms with Crippen molar-refractivity contribution in [2.45, 2.75) is 12.3 Å². The van der Waals surface area contributed by atoms with Crippen molar-refractivity contribution in [2.75, 3.05) is 26.1 Å². The second kappa shape index (κ2) is 7.03. The fourth-order valence-corrected chi connectivity index (χ4v) is 2.26. The lowest BCUT2D eigenvalue weighted by atomic mass is 9.82. The van der Waals surface area contributed by atoms with Gasteiger partial charge in [0.2, 0.25) is 0 Å². The Bertz CT molecular complexity index is 604. The highest BCUT2D eigenvalue weighted by atomic mass is 16.5. The minimum absolute atomic E-state index is 0.161. The molecule has 1 N–H and O–H groups in total. The SMILES string of the molecule is C=CC(C)(CNc1ccc(OC)cc1)c1ccc(OC)cc1. The Kier molecular flexibility index (Phi) is 5.10. The van der Waals surface area contributed by atoms with Crippen LogP contribution in [0.4, 0.5) is 5.69 Å². The first-order valence-electron chi connectivity index (χ1n) is 7.27. The third-order valence-electron chi connectivity index (χ3n) is 3.95. The molecule has 0 aliphatic heterocycles. The highest BCUT2D eigenvalue weighted by Gasteiger charge is 2.22. The molecule has 22 heavy (non-hydrogen) atoms. The van der Waals surface area contributed by atoms with Gasteiger partial charge in [-0.15, -0.1) is 6.58 Å². The molecule has 0 fully saturated rings. The number of benzene rings is 2. The summed E-state index contributed by atoms with van der Waals surface area (Å²) in [6.45, 7) is 6.92. The van der Waals surface area contributed by atoms with Crippen molar-refractivity contribution in [3.8, 4) is 11.5 Å². The molecular weight excluding hydrogens is 274 g/mol. The van der Waals surface area contributed by atoms with Crippen molar-refractivity contribution in [3.05, 3.63) is 66.7 Å². The van der Waals surface area contributed by atoms with Crippen LogP contribution in [0, 0.1) is 0 Å². The summed E-state index contributed by atoms with van der Waals surface area (Å²) in [6, 6.07) is 16.0. The number of hydrogen-bond donors (Lipinski definition) is 1. The molecule has 3 nitrogen and oxygen atoms in total. The lowest BCUT2D eigenvalue weighted by Gasteiger charge is -2.27. The summed E-state index contributed by atoms with van der Waals surface area (Å²) in [6.07, 6.45) is 1.98. The first-order chi connectivity index (χ1) is 10.6. The van der Waals surface area contributed by atoms with E-state index in [1.54, 1.807) is 14.2 Å². The van der Waals surface area contributed by atoms with Gasteiger partial charge in [0.15, 0.2) is 0 Å². The van der Waals surface area contributed by atoms with Crippen molar-refractivity contribution in [3.63, 3.8) is 0 Å². The van der Waals surface area contributed by atoms with Gasteiger partial charge >= 0.3 is 0 Å². The van der Waals surface area contributed by atoms with E-state index in [0.717, 1.165) is 23.7 Å². The van der Waals surface area contributed by atoms with Gasteiger partial charge in [-0.1, -0.05) is 25.1 Å². The van der Waals surface area contributed by atoms with Crippen LogP contribution in [0.3, 0.4) is 0 Å². The summed E-state index contributed by atoms with van der Waals surface area (Å²) in [7, 11) is 3.34. The van der Waals surface area contributed by atoms with Crippen LogP contribution in [0.2, 0.25) is 0 Å². The van der Waals surface area contributed by atoms with E-state index in [2.05, 4.69) is 31.0 Å². The van der Waals surface area contributed by atoms with Gasteiger partial charge in [-0.3, -0.25) is 0 Å². The molecule has 0 aromatic heterocycles. The Morgan fingerprint density at radius 2 is 1.45 bits per heavy atom. The van der Waals surface area contributed by atoms with Crippen molar-refractivity contribution in [1.82, 2.24) is 0 Å². The van der Waals surface area contributed by atoms with Crippen LogP contribution in [-0.2, 0) is 5.41 Å². The van der Waals surface area contributed by atoms with E-state index in [4.69, 9.17) is 9.47 Å². The molecular formula is C19H23NO2. The zero-order valence-electron chi connectivity index (χ0n) is 13.4. The monoisotopic (exact) mass is 297 g/mol. The largest absolute Gasteiger partial charge is 0.497 e. The molecule has 0 aliphatic rings. The maximum atomic E-state index is 5.21. The highest BCUT2D eigenvalue weighted by Crippen LogP contribution is 2.27.